The summed E-state index contributed by atoms with van der Waals surface area (Å²) in [6.07, 6.45) is 5.11. The summed E-state index contributed by atoms with van der Waals surface area (Å²) < 4.78 is 0. The zero-order valence-electron chi connectivity index (χ0n) is 12.9. The highest BCUT2D eigenvalue weighted by Crippen LogP contribution is 2.28. The summed E-state index contributed by atoms with van der Waals surface area (Å²) in [6.45, 7) is 5.84. The Kier molecular flexibility index (Phi) is 5.88. The van der Waals surface area contributed by atoms with E-state index in [9.17, 15) is 0 Å². The Morgan fingerprint density at radius 3 is 2.85 bits per heavy atom. The van der Waals surface area contributed by atoms with Crippen LogP contribution in [0.4, 0.5) is 0 Å². The number of hydrogen-bond donors (Lipinski definition) is 1. The first-order chi connectivity index (χ1) is 9.65. The van der Waals surface area contributed by atoms with Crippen LogP contribution in [0.1, 0.15) is 51.1 Å². The zero-order valence-corrected chi connectivity index (χ0v) is 13.7. The monoisotopic (exact) mass is 294 g/mol. The summed E-state index contributed by atoms with van der Waals surface area (Å²) in [7, 11) is 2.04. The third kappa shape index (κ3) is 3.75. The van der Waals surface area contributed by atoms with Gasteiger partial charge < -0.3 is 5.32 Å². The molecule has 2 nitrogen and oxygen atoms in total. The molecule has 1 fully saturated rings. The van der Waals surface area contributed by atoms with Gasteiger partial charge >= 0.3 is 0 Å². The van der Waals surface area contributed by atoms with E-state index < -0.39 is 0 Å². The van der Waals surface area contributed by atoms with E-state index in [1.807, 2.05) is 19.2 Å². The van der Waals surface area contributed by atoms with Crippen LogP contribution in [0.2, 0.25) is 5.02 Å². The first-order valence-corrected chi connectivity index (χ1v) is 8.22. The van der Waals surface area contributed by atoms with Crippen LogP contribution in [0.25, 0.3) is 0 Å². The van der Waals surface area contributed by atoms with Gasteiger partial charge in [-0.15, -0.1) is 0 Å². The fraction of sp³-hybridized carbons (Fsp3) is 0.647. The molecule has 1 aliphatic heterocycles. The molecule has 20 heavy (non-hydrogen) atoms. The summed E-state index contributed by atoms with van der Waals surface area (Å²) >= 11 is 6.10. The van der Waals surface area contributed by atoms with Gasteiger partial charge in [0.05, 0.1) is 0 Å². The Labute approximate surface area is 128 Å². The fourth-order valence-corrected chi connectivity index (χ4v) is 3.64. The van der Waals surface area contributed by atoms with Gasteiger partial charge in [0.2, 0.25) is 0 Å². The predicted octanol–water partition coefficient (Wildman–Crippen LogP) is 4.25. The second kappa shape index (κ2) is 7.44. The van der Waals surface area contributed by atoms with Crippen molar-refractivity contribution in [3.8, 4) is 0 Å². The molecule has 3 heteroatoms. The predicted molar refractivity (Wildman–Crippen MR) is 87.4 cm³/mol. The molecule has 1 aliphatic rings. The Hall–Kier alpha value is -0.570. The van der Waals surface area contributed by atoms with Crippen molar-refractivity contribution < 1.29 is 0 Å². The van der Waals surface area contributed by atoms with Crippen LogP contribution in [-0.2, 0) is 0 Å². The smallest absolute Gasteiger partial charge is 0.0409 e. The second-order valence-electron chi connectivity index (χ2n) is 5.91. The molecule has 1 aromatic carbocycles. The Morgan fingerprint density at radius 2 is 2.20 bits per heavy atom. The molecule has 0 aromatic heterocycles. The lowest BCUT2D eigenvalue weighted by Gasteiger charge is -2.29. The van der Waals surface area contributed by atoms with Crippen molar-refractivity contribution in [3.05, 3.63) is 34.9 Å². The van der Waals surface area contributed by atoms with Crippen molar-refractivity contribution in [1.82, 2.24) is 10.2 Å². The fourth-order valence-electron chi connectivity index (χ4n) is 3.45. The van der Waals surface area contributed by atoms with Crippen LogP contribution >= 0.6 is 11.6 Å². The van der Waals surface area contributed by atoms with Gasteiger partial charge in [0.25, 0.3) is 0 Å². The lowest BCUT2D eigenvalue weighted by molar-refractivity contribution is 0.189. The number of nitrogens with zero attached hydrogens (tertiary/aromatic N) is 1. The van der Waals surface area contributed by atoms with Crippen LogP contribution in [0.3, 0.4) is 0 Å². The topological polar surface area (TPSA) is 15.3 Å². The van der Waals surface area contributed by atoms with Crippen LogP contribution in [0, 0.1) is 0 Å². The third-order valence-corrected chi connectivity index (χ3v) is 4.93. The molecule has 0 saturated carbocycles. The molecule has 2 rings (SSSR count). The van der Waals surface area contributed by atoms with Crippen molar-refractivity contribution >= 4 is 11.6 Å². The normalized spacial score (nSPS) is 25.0. The van der Waals surface area contributed by atoms with Gasteiger partial charge in [-0.25, -0.2) is 0 Å². The molecule has 0 bridgehead atoms. The van der Waals surface area contributed by atoms with Crippen molar-refractivity contribution in [1.29, 1.82) is 0 Å². The van der Waals surface area contributed by atoms with E-state index >= 15 is 0 Å². The Balaban J connectivity index is 1.97. The average Bonchev–Trinajstić information content (AvgIpc) is 2.80. The average molecular weight is 295 g/mol. The quantitative estimate of drug-likeness (QED) is 0.843. The maximum atomic E-state index is 6.10. The van der Waals surface area contributed by atoms with Gasteiger partial charge in [-0.05, 0) is 57.4 Å². The minimum absolute atomic E-state index is 0.388. The van der Waals surface area contributed by atoms with Crippen molar-refractivity contribution in [2.45, 2.75) is 57.7 Å². The van der Waals surface area contributed by atoms with Crippen LogP contribution in [0.5, 0.6) is 0 Å². The molecule has 0 radical (unpaired) electrons. The van der Waals surface area contributed by atoms with Gasteiger partial charge in [-0.3, -0.25) is 4.90 Å². The molecular weight excluding hydrogens is 268 g/mol. The molecule has 1 saturated heterocycles. The highest BCUT2D eigenvalue weighted by atomic mass is 35.5. The Morgan fingerprint density at radius 1 is 1.40 bits per heavy atom. The first kappa shape index (κ1) is 15.8. The summed E-state index contributed by atoms with van der Waals surface area (Å²) in [6, 6.07) is 10.1. The molecule has 1 heterocycles. The number of likely N-dealkylation sites (tertiary alicyclic amines) is 1. The molecule has 1 N–H and O–H groups in total. The van der Waals surface area contributed by atoms with E-state index in [0.29, 0.717) is 6.04 Å². The number of hydrogen-bond acceptors (Lipinski definition) is 2. The summed E-state index contributed by atoms with van der Waals surface area (Å²) in [5, 5.41) is 4.25. The lowest BCUT2D eigenvalue weighted by atomic mass is 10.0. The van der Waals surface area contributed by atoms with Crippen LogP contribution < -0.4 is 5.32 Å². The van der Waals surface area contributed by atoms with Gasteiger partial charge in [0.1, 0.15) is 0 Å². The van der Waals surface area contributed by atoms with Gasteiger partial charge in [-0.2, -0.15) is 0 Å². The highest BCUT2D eigenvalue weighted by Gasteiger charge is 2.29. The summed E-state index contributed by atoms with van der Waals surface area (Å²) in [5.41, 5.74) is 1.29. The molecule has 3 atom stereocenters. The van der Waals surface area contributed by atoms with E-state index in [2.05, 4.69) is 36.2 Å². The van der Waals surface area contributed by atoms with Crippen LogP contribution in [0.15, 0.2) is 24.3 Å². The number of nitrogens with one attached hydrogen (secondary N) is 1. The summed E-state index contributed by atoms with van der Waals surface area (Å²) in [4.78, 5) is 2.69. The molecular formula is C17H27ClN2. The number of halogens is 1. The van der Waals surface area contributed by atoms with E-state index in [4.69, 9.17) is 11.6 Å². The Bertz CT molecular complexity index is 421. The van der Waals surface area contributed by atoms with E-state index in [1.165, 1.54) is 24.8 Å². The third-order valence-electron chi connectivity index (χ3n) is 4.70. The van der Waals surface area contributed by atoms with Crippen LogP contribution in [-0.4, -0.2) is 30.6 Å². The standard InChI is InChI=1S/C17H27ClN2/c1-4-16-9-8-13(2)20(16)11-10-17(19-3)14-6-5-7-15(18)12-14/h5-7,12-13,16-17,19H,4,8-11H2,1-3H3. The zero-order chi connectivity index (χ0) is 14.5. The molecule has 112 valence electrons. The largest absolute Gasteiger partial charge is 0.313 e. The van der Waals surface area contributed by atoms with Gasteiger partial charge in [0.15, 0.2) is 0 Å². The minimum Gasteiger partial charge on any atom is -0.313 e. The van der Waals surface area contributed by atoms with Crippen molar-refractivity contribution in [2.24, 2.45) is 0 Å². The van der Waals surface area contributed by atoms with Crippen molar-refractivity contribution in [3.63, 3.8) is 0 Å². The maximum Gasteiger partial charge on any atom is 0.0409 e. The number of rotatable bonds is 6. The van der Waals surface area contributed by atoms with E-state index in [1.54, 1.807) is 0 Å². The minimum atomic E-state index is 0.388. The molecule has 3 unspecified atom stereocenters. The van der Waals surface area contributed by atoms with E-state index in [0.717, 1.165) is 30.1 Å². The second-order valence-corrected chi connectivity index (χ2v) is 6.35. The lowest BCUT2D eigenvalue weighted by Crippen LogP contribution is -2.36. The maximum absolute atomic E-state index is 6.10. The van der Waals surface area contributed by atoms with Gasteiger partial charge in [0, 0.05) is 29.7 Å². The molecule has 0 amide bonds. The molecule has 0 spiro atoms. The highest BCUT2D eigenvalue weighted by molar-refractivity contribution is 6.30. The molecule has 0 aliphatic carbocycles. The van der Waals surface area contributed by atoms with Gasteiger partial charge in [-0.1, -0.05) is 30.7 Å². The van der Waals surface area contributed by atoms with Crippen molar-refractivity contribution in [2.75, 3.05) is 13.6 Å². The molecule has 1 aromatic rings. The first-order valence-electron chi connectivity index (χ1n) is 7.84. The number of benzene rings is 1. The SMILES string of the molecule is CCC1CCC(C)N1CCC(NC)c1cccc(Cl)c1. The van der Waals surface area contributed by atoms with E-state index in [-0.39, 0.29) is 0 Å². The summed E-state index contributed by atoms with van der Waals surface area (Å²) in [5.74, 6) is 0.